The number of rotatable bonds is 9. The van der Waals surface area contributed by atoms with Gasteiger partial charge in [-0.25, -0.2) is 4.79 Å². The molecule has 2 N–H and O–H groups in total. The van der Waals surface area contributed by atoms with Crippen LogP contribution in [0.5, 0.6) is 0 Å². The van der Waals surface area contributed by atoms with Crippen molar-refractivity contribution in [2.75, 3.05) is 29.9 Å². The summed E-state index contributed by atoms with van der Waals surface area (Å²) in [7, 11) is 0. The fourth-order valence-electron chi connectivity index (χ4n) is 3.60. The Morgan fingerprint density at radius 3 is 2.38 bits per heavy atom. The average molecular weight is 400 g/mol. The number of H-pyrrole nitrogens is 1. The topological polar surface area (TPSA) is 74.4 Å². The maximum Gasteiger partial charge on any atom is 0.355 e. The van der Waals surface area contributed by atoms with Gasteiger partial charge >= 0.3 is 5.97 Å². The van der Waals surface area contributed by atoms with Crippen molar-refractivity contribution in [2.45, 2.75) is 54.4 Å². The van der Waals surface area contributed by atoms with E-state index in [2.05, 4.69) is 35.1 Å². The van der Waals surface area contributed by atoms with Crippen molar-refractivity contribution < 1.29 is 14.3 Å². The van der Waals surface area contributed by atoms with Crippen LogP contribution in [0.25, 0.3) is 0 Å². The predicted molar refractivity (Wildman–Crippen MR) is 118 cm³/mol. The van der Waals surface area contributed by atoms with Crippen molar-refractivity contribution in [1.29, 1.82) is 0 Å². The van der Waals surface area contributed by atoms with Crippen molar-refractivity contribution in [2.24, 2.45) is 0 Å². The number of hydrogen-bond acceptors (Lipinski definition) is 4. The number of carbonyl (C=O) groups is 2. The molecule has 0 unspecified atom stereocenters. The zero-order valence-electron chi connectivity index (χ0n) is 18.4. The molecule has 1 heterocycles. The number of esters is 1. The van der Waals surface area contributed by atoms with E-state index in [1.807, 2.05) is 32.9 Å². The van der Waals surface area contributed by atoms with Crippen LogP contribution < -0.4 is 10.2 Å². The summed E-state index contributed by atoms with van der Waals surface area (Å²) in [4.78, 5) is 29.9. The van der Waals surface area contributed by atoms with Gasteiger partial charge in [0.05, 0.1) is 6.61 Å². The monoisotopic (exact) mass is 399 g/mol. The molecule has 0 atom stereocenters. The second kappa shape index (κ2) is 10.1. The van der Waals surface area contributed by atoms with Gasteiger partial charge in [-0.05, 0) is 82.9 Å². The molecule has 29 heavy (non-hydrogen) atoms. The summed E-state index contributed by atoms with van der Waals surface area (Å²) >= 11 is 0. The first kappa shape index (κ1) is 22.5. The van der Waals surface area contributed by atoms with Gasteiger partial charge in [0.15, 0.2) is 0 Å². The number of aryl methyl sites for hydroxylation is 2. The van der Waals surface area contributed by atoms with Crippen molar-refractivity contribution in [3.05, 3.63) is 46.3 Å². The highest BCUT2D eigenvalue weighted by atomic mass is 16.5. The SMILES string of the molecule is CCOC(=O)c1[nH]c(C)c(CCC(=O)Nc2ccc(N(CC)CC)cc2C)c1C. The van der Waals surface area contributed by atoms with Crippen LogP contribution in [0.1, 0.15) is 60.1 Å². The number of ether oxygens (including phenoxy) is 1. The first-order valence-electron chi connectivity index (χ1n) is 10.3. The number of carbonyl (C=O) groups excluding carboxylic acids is 2. The molecule has 1 aromatic carbocycles. The van der Waals surface area contributed by atoms with Gasteiger partial charge in [0.25, 0.3) is 0 Å². The summed E-state index contributed by atoms with van der Waals surface area (Å²) in [6.07, 6.45) is 0.912. The van der Waals surface area contributed by atoms with Gasteiger partial charge in [0.1, 0.15) is 5.69 Å². The molecule has 2 rings (SSSR count). The van der Waals surface area contributed by atoms with Crippen molar-refractivity contribution in [3.63, 3.8) is 0 Å². The van der Waals surface area contributed by atoms with Crippen LogP contribution in [0.3, 0.4) is 0 Å². The number of amides is 1. The van der Waals surface area contributed by atoms with E-state index in [1.165, 1.54) is 0 Å². The first-order chi connectivity index (χ1) is 13.8. The Hall–Kier alpha value is -2.76. The van der Waals surface area contributed by atoms with Crippen LogP contribution in [-0.4, -0.2) is 36.6 Å². The molecule has 1 aromatic heterocycles. The summed E-state index contributed by atoms with van der Waals surface area (Å²) in [5.74, 6) is -0.394. The van der Waals surface area contributed by atoms with Crippen molar-refractivity contribution in [3.8, 4) is 0 Å². The molecule has 0 saturated carbocycles. The Morgan fingerprint density at radius 1 is 1.10 bits per heavy atom. The van der Waals surface area contributed by atoms with Gasteiger partial charge in [-0.2, -0.15) is 0 Å². The minimum absolute atomic E-state index is 0.0404. The molecule has 0 bridgehead atoms. The summed E-state index contributed by atoms with van der Waals surface area (Å²) in [6, 6.07) is 6.11. The molecule has 1 amide bonds. The smallest absolute Gasteiger partial charge is 0.355 e. The molecular formula is C23H33N3O3. The second-order valence-electron chi connectivity index (χ2n) is 7.17. The standard InChI is InChI=1S/C23H33N3O3/c1-7-26(8-2)18-10-12-20(15(4)14-18)25-21(27)13-11-19-16(5)22(24-17(19)6)23(28)29-9-3/h10,12,14,24H,7-9,11,13H2,1-6H3,(H,25,27). The molecule has 0 radical (unpaired) electrons. The van der Waals surface area contributed by atoms with Crippen LogP contribution in [-0.2, 0) is 16.0 Å². The van der Waals surface area contributed by atoms with E-state index < -0.39 is 0 Å². The second-order valence-corrected chi connectivity index (χ2v) is 7.17. The van der Waals surface area contributed by atoms with E-state index >= 15 is 0 Å². The Bertz CT molecular complexity index is 866. The van der Waals surface area contributed by atoms with Crippen LogP contribution >= 0.6 is 0 Å². The van der Waals surface area contributed by atoms with E-state index in [0.717, 1.165) is 46.8 Å². The van der Waals surface area contributed by atoms with E-state index in [4.69, 9.17) is 4.74 Å². The summed E-state index contributed by atoms with van der Waals surface area (Å²) < 4.78 is 5.08. The third-order valence-corrected chi connectivity index (χ3v) is 5.29. The summed E-state index contributed by atoms with van der Waals surface area (Å²) in [6.45, 7) is 14.1. The number of hydrogen-bond donors (Lipinski definition) is 2. The Labute approximate surface area is 173 Å². The lowest BCUT2D eigenvalue weighted by Crippen LogP contribution is -2.22. The molecule has 6 heteroatoms. The predicted octanol–water partition coefficient (Wildman–Crippen LogP) is 4.53. The van der Waals surface area contributed by atoms with Crippen molar-refractivity contribution >= 4 is 23.3 Å². The third kappa shape index (κ3) is 5.40. The van der Waals surface area contributed by atoms with E-state index in [0.29, 0.717) is 25.1 Å². The fraction of sp³-hybridized carbons (Fsp3) is 0.478. The minimum Gasteiger partial charge on any atom is -0.461 e. The summed E-state index contributed by atoms with van der Waals surface area (Å²) in [5, 5.41) is 3.01. The third-order valence-electron chi connectivity index (χ3n) is 5.29. The lowest BCUT2D eigenvalue weighted by Gasteiger charge is -2.22. The quantitative estimate of drug-likeness (QED) is 0.607. The van der Waals surface area contributed by atoms with Gasteiger partial charge < -0.3 is 19.9 Å². The number of nitrogens with zero attached hydrogens (tertiary/aromatic N) is 1. The zero-order chi connectivity index (χ0) is 21.6. The Morgan fingerprint density at radius 2 is 1.79 bits per heavy atom. The molecule has 0 aliphatic rings. The van der Waals surface area contributed by atoms with E-state index in [1.54, 1.807) is 6.92 Å². The largest absolute Gasteiger partial charge is 0.461 e. The van der Waals surface area contributed by atoms with Gasteiger partial charge in [0, 0.05) is 36.6 Å². The molecule has 0 aliphatic heterocycles. The molecule has 6 nitrogen and oxygen atoms in total. The first-order valence-corrected chi connectivity index (χ1v) is 10.3. The molecular weight excluding hydrogens is 366 g/mol. The number of aromatic amines is 1. The van der Waals surface area contributed by atoms with Gasteiger partial charge in [-0.15, -0.1) is 0 Å². The maximum atomic E-state index is 12.5. The van der Waals surface area contributed by atoms with Crippen LogP contribution in [0.2, 0.25) is 0 Å². The lowest BCUT2D eigenvalue weighted by atomic mass is 10.0. The number of nitrogens with one attached hydrogen (secondary N) is 2. The molecule has 0 saturated heterocycles. The number of anilines is 2. The highest BCUT2D eigenvalue weighted by Gasteiger charge is 2.19. The summed E-state index contributed by atoms with van der Waals surface area (Å²) in [5.41, 5.74) is 6.27. The molecule has 0 fully saturated rings. The van der Waals surface area contributed by atoms with E-state index in [9.17, 15) is 9.59 Å². The maximum absolute atomic E-state index is 12.5. The number of aromatic nitrogens is 1. The van der Waals surface area contributed by atoms with Crippen LogP contribution in [0.4, 0.5) is 11.4 Å². The minimum atomic E-state index is -0.354. The normalized spacial score (nSPS) is 10.7. The van der Waals surface area contributed by atoms with E-state index in [-0.39, 0.29) is 11.9 Å². The highest BCUT2D eigenvalue weighted by molar-refractivity contribution is 5.92. The fourth-order valence-corrected chi connectivity index (χ4v) is 3.60. The molecule has 158 valence electrons. The number of benzene rings is 1. The molecule has 2 aromatic rings. The zero-order valence-corrected chi connectivity index (χ0v) is 18.4. The van der Waals surface area contributed by atoms with Crippen molar-refractivity contribution in [1.82, 2.24) is 4.98 Å². The Kier molecular flexibility index (Phi) is 7.88. The van der Waals surface area contributed by atoms with Gasteiger partial charge in [-0.1, -0.05) is 0 Å². The molecule has 0 spiro atoms. The highest BCUT2D eigenvalue weighted by Crippen LogP contribution is 2.24. The van der Waals surface area contributed by atoms with Crippen LogP contribution in [0.15, 0.2) is 18.2 Å². The average Bonchev–Trinajstić information content (AvgIpc) is 2.97. The Balaban J connectivity index is 2.03. The lowest BCUT2D eigenvalue weighted by molar-refractivity contribution is -0.116. The van der Waals surface area contributed by atoms with Gasteiger partial charge in [0.2, 0.25) is 5.91 Å². The van der Waals surface area contributed by atoms with Crippen LogP contribution in [0, 0.1) is 20.8 Å². The van der Waals surface area contributed by atoms with Gasteiger partial charge in [-0.3, -0.25) is 4.79 Å². The molecule has 0 aliphatic carbocycles.